The molecular weight excluding hydrogens is 363 g/mol. The van der Waals surface area contributed by atoms with E-state index in [1.165, 1.54) is 7.05 Å². The van der Waals surface area contributed by atoms with E-state index in [0.717, 1.165) is 29.3 Å². The zero-order valence-electron chi connectivity index (χ0n) is 11.6. The summed E-state index contributed by atoms with van der Waals surface area (Å²) in [6.45, 7) is 0. The van der Waals surface area contributed by atoms with Crippen molar-refractivity contribution in [3.05, 3.63) is 22.4 Å². The van der Waals surface area contributed by atoms with Gasteiger partial charge in [-0.2, -0.15) is 4.31 Å². The van der Waals surface area contributed by atoms with Crippen LogP contribution in [0.2, 0.25) is 0 Å². The van der Waals surface area contributed by atoms with Gasteiger partial charge in [-0.05, 0) is 40.9 Å². The van der Waals surface area contributed by atoms with Gasteiger partial charge in [0, 0.05) is 7.05 Å². The number of anilines is 1. The number of aliphatic hydroxyl groups excluding tert-OH is 1. The Morgan fingerprint density at radius 2 is 2.00 bits per heavy atom. The van der Waals surface area contributed by atoms with Crippen LogP contribution in [0.5, 0.6) is 0 Å². The lowest BCUT2D eigenvalue weighted by atomic mass is 9.93. The highest BCUT2D eigenvalue weighted by atomic mass is 79.9. The van der Waals surface area contributed by atoms with E-state index >= 15 is 0 Å². The Bertz CT molecular complexity index is 639. The van der Waals surface area contributed by atoms with E-state index in [2.05, 4.69) is 15.9 Å². The van der Waals surface area contributed by atoms with Crippen molar-refractivity contribution >= 4 is 31.6 Å². The Hall–Kier alpha value is -0.700. The molecule has 0 spiro atoms. The minimum absolute atomic E-state index is 0.0351. The van der Waals surface area contributed by atoms with Crippen LogP contribution in [0.15, 0.2) is 21.5 Å². The van der Waals surface area contributed by atoms with Crippen molar-refractivity contribution in [2.45, 2.75) is 42.7 Å². The Kier molecular flexibility index (Phi) is 4.92. The summed E-state index contributed by atoms with van der Waals surface area (Å²) < 4.78 is 39.9. The zero-order chi connectivity index (χ0) is 15.8. The fourth-order valence-corrected chi connectivity index (χ4v) is 4.65. The van der Waals surface area contributed by atoms with Gasteiger partial charge in [-0.1, -0.05) is 12.8 Å². The normalized spacial score (nSPS) is 23.5. The summed E-state index contributed by atoms with van der Waals surface area (Å²) in [7, 11) is -2.47. The molecule has 1 fully saturated rings. The Labute approximate surface area is 132 Å². The lowest BCUT2D eigenvalue weighted by molar-refractivity contribution is 0.0638. The number of likely N-dealkylation sites (N-methyl/N-ethyl adjacent to an activating group) is 1. The van der Waals surface area contributed by atoms with Gasteiger partial charge in [0.2, 0.25) is 10.0 Å². The summed E-state index contributed by atoms with van der Waals surface area (Å²) in [5, 5.41) is 10.0. The molecule has 1 aromatic carbocycles. The third-order valence-corrected chi connectivity index (χ3v) is 6.42. The van der Waals surface area contributed by atoms with E-state index in [1.54, 1.807) is 0 Å². The summed E-state index contributed by atoms with van der Waals surface area (Å²) in [6, 6.07) is 1.65. The van der Waals surface area contributed by atoms with Gasteiger partial charge >= 0.3 is 0 Å². The van der Waals surface area contributed by atoms with Crippen molar-refractivity contribution in [1.82, 2.24) is 4.31 Å². The number of sulfonamides is 1. The molecule has 1 aliphatic carbocycles. The molecule has 0 amide bonds. The van der Waals surface area contributed by atoms with Crippen molar-refractivity contribution in [2.24, 2.45) is 0 Å². The summed E-state index contributed by atoms with van der Waals surface area (Å²) in [6.07, 6.45) is 2.23. The minimum atomic E-state index is -3.89. The van der Waals surface area contributed by atoms with Crippen LogP contribution >= 0.6 is 15.9 Å². The van der Waals surface area contributed by atoms with Crippen LogP contribution in [-0.2, 0) is 10.0 Å². The maximum absolute atomic E-state index is 13.4. The first kappa shape index (κ1) is 16.7. The van der Waals surface area contributed by atoms with Crippen LogP contribution < -0.4 is 5.73 Å². The fourth-order valence-electron chi connectivity index (χ4n) is 2.62. The molecule has 1 saturated carbocycles. The maximum atomic E-state index is 13.4. The number of nitrogens with two attached hydrogens (primary N) is 1. The zero-order valence-corrected chi connectivity index (χ0v) is 14.0. The van der Waals surface area contributed by atoms with Gasteiger partial charge in [-0.25, -0.2) is 12.8 Å². The highest BCUT2D eigenvalue weighted by molar-refractivity contribution is 9.10. The maximum Gasteiger partial charge on any atom is 0.245 e. The molecule has 0 aliphatic heterocycles. The number of halogens is 2. The molecule has 2 unspecified atom stereocenters. The summed E-state index contributed by atoms with van der Waals surface area (Å²) in [4.78, 5) is -0.156. The van der Waals surface area contributed by atoms with Gasteiger partial charge in [-0.3, -0.25) is 0 Å². The number of nitrogens with zero attached hydrogens (tertiary/aromatic N) is 1. The largest absolute Gasteiger partial charge is 0.398 e. The van der Waals surface area contributed by atoms with Crippen LogP contribution in [0, 0.1) is 5.82 Å². The molecule has 3 N–H and O–H groups in total. The third kappa shape index (κ3) is 3.23. The molecule has 8 heteroatoms. The van der Waals surface area contributed by atoms with Crippen molar-refractivity contribution in [3.63, 3.8) is 0 Å². The smallest absolute Gasteiger partial charge is 0.245 e. The Morgan fingerprint density at radius 3 is 2.62 bits per heavy atom. The summed E-state index contributed by atoms with van der Waals surface area (Å²) >= 11 is 2.97. The number of aliphatic hydroxyl groups is 1. The summed E-state index contributed by atoms with van der Waals surface area (Å²) in [5.74, 6) is -0.619. The summed E-state index contributed by atoms with van der Waals surface area (Å²) in [5.41, 5.74) is 5.50. The van der Waals surface area contributed by atoms with Crippen molar-refractivity contribution < 1.29 is 17.9 Å². The standard InChI is InChI=1S/C13H18BrFN2O3S/c1-17(11-4-2-3-5-12(11)18)21(19,20)13-6-8(14)9(15)7-10(13)16/h6-7,11-12,18H,2-5,16H2,1H3. The molecule has 0 bridgehead atoms. The van der Waals surface area contributed by atoms with E-state index in [1.807, 2.05) is 0 Å². The number of hydrogen-bond acceptors (Lipinski definition) is 4. The van der Waals surface area contributed by atoms with Crippen LogP contribution in [0.25, 0.3) is 0 Å². The quantitative estimate of drug-likeness (QED) is 0.786. The highest BCUT2D eigenvalue weighted by Crippen LogP contribution is 2.31. The predicted molar refractivity (Wildman–Crippen MR) is 81.7 cm³/mol. The van der Waals surface area contributed by atoms with Crippen molar-refractivity contribution in [2.75, 3.05) is 12.8 Å². The lowest BCUT2D eigenvalue weighted by Gasteiger charge is -2.34. The third-order valence-electron chi connectivity index (χ3n) is 3.87. The van der Waals surface area contributed by atoms with Gasteiger partial charge in [-0.15, -0.1) is 0 Å². The second-order valence-corrected chi connectivity index (χ2v) is 8.06. The minimum Gasteiger partial charge on any atom is -0.398 e. The van der Waals surface area contributed by atoms with E-state index in [4.69, 9.17) is 5.73 Å². The molecule has 1 aromatic rings. The van der Waals surface area contributed by atoms with Crippen molar-refractivity contribution in [3.8, 4) is 0 Å². The second kappa shape index (κ2) is 6.20. The number of hydrogen-bond donors (Lipinski definition) is 2. The first-order valence-corrected chi connectivity index (χ1v) is 8.89. The Morgan fingerprint density at radius 1 is 1.38 bits per heavy atom. The van der Waals surface area contributed by atoms with E-state index < -0.39 is 28.0 Å². The van der Waals surface area contributed by atoms with Crippen LogP contribution in [-0.4, -0.2) is 37.0 Å². The molecule has 5 nitrogen and oxygen atoms in total. The molecule has 1 aliphatic rings. The average molecular weight is 381 g/mol. The van der Waals surface area contributed by atoms with Crippen LogP contribution in [0.4, 0.5) is 10.1 Å². The SMILES string of the molecule is CN(C1CCCCC1O)S(=O)(=O)c1cc(Br)c(F)cc1N. The van der Waals surface area contributed by atoms with Crippen LogP contribution in [0.3, 0.4) is 0 Å². The Balaban J connectivity index is 2.39. The predicted octanol–water partition coefficient (Wildman–Crippen LogP) is 2.09. The first-order chi connectivity index (χ1) is 9.75. The fraction of sp³-hybridized carbons (Fsp3) is 0.538. The molecule has 0 radical (unpaired) electrons. The molecule has 0 aromatic heterocycles. The molecular formula is C13H18BrFN2O3S. The van der Waals surface area contributed by atoms with Gasteiger partial charge in [0.1, 0.15) is 10.7 Å². The average Bonchev–Trinajstić information content (AvgIpc) is 2.42. The monoisotopic (exact) mass is 380 g/mol. The van der Waals surface area contributed by atoms with Crippen LogP contribution in [0.1, 0.15) is 25.7 Å². The molecule has 0 saturated heterocycles. The van der Waals surface area contributed by atoms with E-state index in [9.17, 15) is 17.9 Å². The molecule has 118 valence electrons. The molecule has 0 heterocycles. The first-order valence-electron chi connectivity index (χ1n) is 6.65. The molecule has 2 atom stereocenters. The van der Waals surface area contributed by atoms with Gasteiger partial charge < -0.3 is 10.8 Å². The van der Waals surface area contributed by atoms with Gasteiger partial charge in [0.15, 0.2) is 0 Å². The number of rotatable bonds is 3. The van der Waals surface area contributed by atoms with Gasteiger partial charge in [0.25, 0.3) is 0 Å². The molecule has 21 heavy (non-hydrogen) atoms. The highest BCUT2D eigenvalue weighted by Gasteiger charge is 2.35. The lowest BCUT2D eigenvalue weighted by Crippen LogP contribution is -2.46. The second-order valence-electron chi connectivity index (χ2n) is 5.24. The number of nitrogen functional groups attached to an aromatic ring is 1. The molecule has 2 rings (SSSR count). The van der Waals surface area contributed by atoms with Gasteiger partial charge in [0.05, 0.1) is 22.3 Å². The van der Waals surface area contributed by atoms with E-state index in [0.29, 0.717) is 12.8 Å². The van der Waals surface area contributed by atoms with E-state index in [-0.39, 0.29) is 15.1 Å². The van der Waals surface area contributed by atoms with Crippen molar-refractivity contribution in [1.29, 1.82) is 0 Å². The topological polar surface area (TPSA) is 83.6 Å². The number of benzene rings is 1.